The number of aliphatic hydroxyl groups is 1. The third-order valence-corrected chi connectivity index (χ3v) is 3.28. The van der Waals surface area contributed by atoms with Crippen molar-refractivity contribution in [3.63, 3.8) is 0 Å². The molecule has 0 amide bonds. The van der Waals surface area contributed by atoms with Crippen molar-refractivity contribution < 1.29 is 19.2 Å². The topological polar surface area (TPSA) is 111 Å². The van der Waals surface area contributed by atoms with Crippen LogP contribution in [-0.2, 0) is 16.1 Å². The summed E-state index contributed by atoms with van der Waals surface area (Å²) >= 11 is 0. The van der Waals surface area contributed by atoms with E-state index in [1.165, 1.54) is 0 Å². The molecule has 2 aromatic carbocycles. The largest absolute Gasteiger partial charge is 0.516 e. The number of benzene rings is 2. The number of rotatable bonds is 6. The Balaban J connectivity index is -0.000000384. The molecule has 0 radical (unpaired) electrons. The molecule has 0 saturated heterocycles. The number of carbonyl (C=O) groups excluding carboxylic acids is 1. The molecule has 3 N–H and O–H groups in total. The lowest BCUT2D eigenvalue weighted by Crippen LogP contribution is -2.28. The van der Waals surface area contributed by atoms with Crippen molar-refractivity contribution in [2.24, 2.45) is 10.9 Å². The highest BCUT2D eigenvalue weighted by Gasteiger charge is 2.07. The van der Waals surface area contributed by atoms with E-state index >= 15 is 0 Å². The van der Waals surface area contributed by atoms with Gasteiger partial charge in [-0.1, -0.05) is 73.6 Å². The molecular formula is C24H39N2O5P. The van der Waals surface area contributed by atoms with Gasteiger partial charge in [-0.3, -0.25) is 4.79 Å². The number of allylic oxidation sites excluding steroid dienone is 1. The number of aliphatic hydroxyl groups excluding tert-OH is 1. The Morgan fingerprint density at radius 2 is 1.56 bits per heavy atom. The molecule has 1 unspecified atom stereocenters. The lowest BCUT2D eigenvalue weighted by atomic mass is 10.2. The molecule has 7 nitrogen and oxygen atoms in total. The van der Waals surface area contributed by atoms with Gasteiger partial charge in [0.15, 0.2) is 0 Å². The summed E-state index contributed by atoms with van der Waals surface area (Å²) in [5.41, 5.74) is 6.29. The van der Waals surface area contributed by atoms with Gasteiger partial charge in [0.2, 0.25) is 0 Å². The number of ether oxygens (including phenoxy) is 1. The van der Waals surface area contributed by atoms with Crippen LogP contribution in [0.15, 0.2) is 78.2 Å². The van der Waals surface area contributed by atoms with Crippen LogP contribution in [0.5, 0.6) is 5.75 Å². The number of hydrogen-bond acceptors (Lipinski definition) is 7. The monoisotopic (exact) mass is 466 g/mol. The van der Waals surface area contributed by atoms with Crippen molar-refractivity contribution in [3.05, 3.63) is 83.5 Å². The fourth-order valence-corrected chi connectivity index (χ4v) is 1.84. The predicted molar refractivity (Wildman–Crippen MR) is 136 cm³/mol. The maximum absolute atomic E-state index is 11.0. The Hall–Kier alpha value is -2.76. The smallest absolute Gasteiger partial charge is 0.322 e. The summed E-state index contributed by atoms with van der Waals surface area (Å²) in [6.45, 7) is 11.7. The second-order valence-corrected chi connectivity index (χ2v) is 6.04. The van der Waals surface area contributed by atoms with E-state index in [0.717, 1.165) is 17.6 Å². The number of hydrogen-bond donors (Lipinski definition) is 2. The summed E-state index contributed by atoms with van der Waals surface area (Å²) in [6, 6.07) is 18.8. The number of esters is 1. The number of nitrogens with two attached hydrogens (primary N) is 1. The SMILES string of the molecule is C/C=C/O.CC.CCN=O.CPOc1ccccc1.C[C@@H](N)C(=O)OCc1ccccc1. The number of nitrogens with zero attached hydrogens (tertiary/aromatic N) is 1. The Morgan fingerprint density at radius 1 is 1.12 bits per heavy atom. The van der Waals surface area contributed by atoms with Crippen molar-refractivity contribution in [1.29, 1.82) is 0 Å². The molecule has 32 heavy (non-hydrogen) atoms. The molecule has 180 valence electrons. The van der Waals surface area contributed by atoms with Crippen LogP contribution >= 0.6 is 8.81 Å². The molecular weight excluding hydrogens is 427 g/mol. The van der Waals surface area contributed by atoms with Crippen LogP contribution in [-0.4, -0.2) is 30.3 Å². The molecule has 0 aliphatic carbocycles. The van der Waals surface area contributed by atoms with E-state index in [4.69, 9.17) is 25.0 Å². The third kappa shape index (κ3) is 25.3. The number of nitroso groups, excluding NO2 is 1. The van der Waals surface area contributed by atoms with Crippen LogP contribution in [0.3, 0.4) is 0 Å². The summed E-state index contributed by atoms with van der Waals surface area (Å²) in [5, 5.41) is 10.2. The lowest BCUT2D eigenvalue weighted by Gasteiger charge is -2.06. The second-order valence-electron chi connectivity index (χ2n) is 5.43. The van der Waals surface area contributed by atoms with Gasteiger partial charge in [0.05, 0.1) is 21.6 Å². The standard InChI is InChI=1S/C10H13NO2.C7H9OP.C3H6O.C2H5NO.C2H6/c1-8(11)10(12)13-7-9-5-3-2-4-6-9;1-9-8-7-5-3-2-4-6-7;2*1-2-3-4;1-2/h2-6,8H,7,11H2,1H3;2-6,9H,1H3;2-4H,1H3;2H2,1H3;1-2H3/b;;3-2+;;/t8-;;;;/m1..../s1. The minimum atomic E-state index is -0.552. The van der Waals surface area contributed by atoms with E-state index in [1.807, 2.05) is 81.2 Å². The molecule has 0 aliphatic rings. The molecule has 0 heterocycles. The van der Waals surface area contributed by atoms with Crippen LogP contribution < -0.4 is 10.3 Å². The second kappa shape index (κ2) is 28.2. The highest BCUT2D eigenvalue weighted by atomic mass is 31.1. The maximum atomic E-state index is 11.0. The fraction of sp³-hybridized carbons (Fsp3) is 0.375. The first-order valence-corrected chi connectivity index (χ1v) is 11.8. The van der Waals surface area contributed by atoms with Crippen LogP contribution in [0.2, 0.25) is 0 Å². The molecule has 2 rings (SSSR count). The lowest BCUT2D eigenvalue weighted by molar-refractivity contribution is -0.146. The van der Waals surface area contributed by atoms with Crippen LogP contribution in [0.4, 0.5) is 0 Å². The zero-order valence-corrected chi connectivity index (χ0v) is 21.0. The van der Waals surface area contributed by atoms with Gasteiger partial charge in [-0.2, -0.15) is 4.91 Å². The first kappa shape index (κ1) is 33.9. The normalized spacial score (nSPS) is 9.97. The van der Waals surface area contributed by atoms with Gasteiger partial charge in [-0.15, -0.1) is 0 Å². The highest BCUT2D eigenvalue weighted by molar-refractivity contribution is 7.31. The van der Waals surface area contributed by atoms with E-state index in [2.05, 4.69) is 5.18 Å². The Morgan fingerprint density at radius 3 is 1.91 bits per heavy atom. The van der Waals surface area contributed by atoms with Crippen LogP contribution in [0.25, 0.3) is 0 Å². The molecule has 0 aromatic heterocycles. The quantitative estimate of drug-likeness (QED) is 0.225. The molecule has 2 atom stereocenters. The Kier molecular flexibility index (Phi) is 29.9. The van der Waals surface area contributed by atoms with E-state index in [9.17, 15) is 4.79 Å². The average molecular weight is 467 g/mol. The fourth-order valence-electron chi connectivity index (χ4n) is 1.47. The summed E-state index contributed by atoms with van der Waals surface area (Å²) in [7, 11) is 0.535. The van der Waals surface area contributed by atoms with E-state index in [-0.39, 0.29) is 5.97 Å². The summed E-state index contributed by atoms with van der Waals surface area (Å²) in [4.78, 5) is 19.9. The van der Waals surface area contributed by atoms with Crippen molar-refractivity contribution >= 4 is 14.8 Å². The van der Waals surface area contributed by atoms with Crippen LogP contribution in [0.1, 0.15) is 40.2 Å². The minimum absolute atomic E-state index is 0.293. The summed E-state index contributed by atoms with van der Waals surface area (Å²) in [5.74, 6) is 0.585. The summed E-state index contributed by atoms with van der Waals surface area (Å²) < 4.78 is 10.2. The van der Waals surface area contributed by atoms with Crippen molar-refractivity contribution in [2.75, 3.05) is 13.2 Å². The van der Waals surface area contributed by atoms with Gasteiger partial charge in [-0.25, -0.2) is 0 Å². The first-order chi connectivity index (χ1) is 15.5. The first-order valence-electron chi connectivity index (χ1n) is 10.4. The van der Waals surface area contributed by atoms with Crippen LogP contribution in [0, 0.1) is 4.91 Å². The third-order valence-electron chi connectivity index (χ3n) is 2.84. The van der Waals surface area contributed by atoms with E-state index in [1.54, 1.807) is 26.8 Å². The van der Waals surface area contributed by atoms with Gasteiger partial charge in [0.1, 0.15) is 18.4 Å². The van der Waals surface area contributed by atoms with Crippen molar-refractivity contribution in [1.82, 2.24) is 0 Å². The number of carbonyl (C=O) groups is 1. The van der Waals surface area contributed by atoms with Gasteiger partial charge in [0, 0.05) is 0 Å². The van der Waals surface area contributed by atoms with Gasteiger partial charge in [-0.05, 0) is 45.1 Å². The van der Waals surface area contributed by atoms with Crippen molar-refractivity contribution in [3.8, 4) is 5.75 Å². The maximum Gasteiger partial charge on any atom is 0.322 e. The molecule has 8 heteroatoms. The van der Waals surface area contributed by atoms with Crippen molar-refractivity contribution in [2.45, 2.75) is 47.3 Å². The van der Waals surface area contributed by atoms with Gasteiger partial charge in [0.25, 0.3) is 0 Å². The molecule has 0 spiro atoms. The van der Waals surface area contributed by atoms with E-state index < -0.39 is 6.04 Å². The molecule has 0 saturated carbocycles. The summed E-state index contributed by atoms with van der Waals surface area (Å²) in [6.07, 6.45) is 2.56. The average Bonchev–Trinajstić information content (AvgIpc) is 2.86. The Bertz CT molecular complexity index is 665. The molecule has 0 fully saturated rings. The predicted octanol–water partition coefficient (Wildman–Crippen LogP) is 6.24. The molecule has 0 aliphatic heterocycles. The van der Waals surface area contributed by atoms with Gasteiger partial charge < -0.3 is 20.1 Å². The Labute approximate surface area is 194 Å². The zero-order chi connectivity index (χ0) is 25.0. The van der Waals surface area contributed by atoms with Gasteiger partial charge >= 0.3 is 5.97 Å². The molecule has 2 aromatic rings. The van der Waals surface area contributed by atoms with E-state index in [0.29, 0.717) is 22.0 Å². The highest BCUT2D eigenvalue weighted by Crippen LogP contribution is 2.15. The minimum Gasteiger partial charge on any atom is -0.516 e. The molecule has 0 bridgehead atoms. The zero-order valence-electron chi connectivity index (χ0n) is 20.0. The number of para-hydroxylation sites is 1.